The Kier molecular flexibility index (Phi) is 2.87. The van der Waals surface area contributed by atoms with Crippen molar-refractivity contribution in [3.8, 4) is 0 Å². The molecule has 1 aliphatic rings. The second-order valence-corrected chi connectivity index (χ2v) is 7.58. The minimum atomic E-state index is -3.03. The summed E-state index contributed by atoms with van der Waals surface area (Å²) in [6, 6.07) is 7.61. The van der Waals surface area contributed by atoms with Crippen molar-refractivity contribution in [1.29, 1.82) is 0 Å². The molecule has 2 heterocycles. The molecule has 2 unspecified atom stereocenters. The molecule has 0 aliphatic carbocycles. The molecule has 0 amide bonds. The summed E-state index contributed by atoms with van der Waals surface area (Å²) >= 11 is 0. The van der Waals surface area contributed by atoms with E-state index in [0.717, 1.165) is 16.9 Å². The van der Waals surface area contributed by atoms with E-state index in [1.807, 2.05) is 35.9 Å². The fraction of sp³-hybridized carbons (Fsp3) is 0.462. The number of hydrogen-bond acceptors (Lipinski definition) is 4. The summed E-state index contributed by atoms with van der Waals surface area (Å²) < 4.78 is 26.0. The Morgan fingerprint density at radius 2 is 2.11 bits per heavy atom. The number of aromatic nitrogens is 2. The number of hydrogen-bond donors (Lipinski definition) is 1. The Labute approximate surface area is 112 Å². The van der Waals surface area contributed by atoms with Gasteiger partial charge in [-0.2, -0.15) is 0 Å². The van der Waals surface area contributed by atoms with Crippen LogP contribution in [0.5, 0.6) is 0 Å². The Hall–Kier alpha value is -1.40. The summed E-state index contributed by atoms with van der Waals surface area (Å²) in [6.45, 7) is 2.23. The third kappa shape index (κ3) is 2.04. The predicted molar refractivity (Wildman–Crippen MR) is 74.7 cm³/mol. The zero-order valence-electron chi connectivity index (χ0n) is 11.0. The second-order valence-electron chi connectivity index (χ2n) is 5.12. The summed E-state index contributed by atoms with van der Waals surface area (Å²) in [6.07, 6.45) is 0. The maximum atomic E-state index is 12.0. The van der Waals surface area contributed by atoms with E-state index in [4.69, 9.17) is 0 Å². The number of rotatable bonds is 1. The van der Waals surface area contributed by atoms with Crippen LogP contribution < -0.4 is 5.32 Å². The topological polar surface area (TPSA) is 64.0 Å². The summed E-state index contributed by atoms with van der Waals surface area (Å²) in [5.41, 5.74) is 1.92. The molecule has 1 saturated heterocycles. The van der Waals surface area contributed by atoms with Crippen molar-refractivity contribution in [3.05, 3.63) is 30.1 Å². The smallest absolute Gasteiger partial charge is 0.156 e. The first-order valence-corrected chi connectivity index (χ1v) is 8.07. The molecule has 1 N–H and O–H groups in total. The fourth-order valence-electron chi connectivity index (χ4n) is 2.53. The number of imidazole rings is 1. The highest BCUT2D eigenvalue weighted by Gasteiger charge is 2.33. The average Bonchev–Trinajstić information content (AvgIpc) is 2.71. The quantitative estimate of drug-likeness (QED) is 0.846. The van der Waals surface area contributed by atoms with Crippen LogP contribution in [0.3, 0.4) is 0 Å². The number of fused-ring (bicyclic) bond motifs is 1. The number of nitrogens with one attached hydrogen (secondary N) is 1. The molecular weight excluding hydrogens is 262 g/mol. The second kappa shape index (κ2) is 4.31. The molecule has 1 aromatic heterocycles. The molecule has 0 radical (unpaired) electrons. The van der Waals surface area contributed by atoms with E-state index in [1.165, 1.54) is 0 Å². The van der Waals surface area contributed by atoms with Gasteiger partial charge in [0.15, 0.2) is 9.84 Å². The Bertz CT molecular complexity index is 721. The van der Waals surface area contributed by atoms with E-state index in [9.17, 15) is 8.42 Å². The van der Waals surface area contributed by atoms with Crippen molar-refractivity contribution < 1.29 is 8.42 Å². The zero-order chi connectivity index (χ0) is 13.6. The van der Waals surface area contributed by atoms with Gasteiger partial charge in [0.2, 0.25) is 0 Å². The van der Waals surface area contributed by atoms with Crippen LogP contribution in [0.2, 0.25) is 0 Å². The fourth-order valence-corrected chi connectivity index (χ4v) is 3.94. The monoisotopic (exact) mass is 279 g/mol. The number of sulfone groups is 1. The van der Waals surface area contributed by atoms with E-state index in [0.29, 0.717) is 6.54 Å². The molecule has 3 rings (SSSR count). The van der Waals surface area contributed by atoms with Gasteiger partial charge >= 0.3 is 0 Å². The van der Waals surface area contributed by atoms with Gasteiger partial charge in [0.1, 0.15) is 5.82 Å². The Morgan fingerprint density at radius 3 is 2.79 bits per heavy atom. The van der Waals surface area contributed by atoms with Crippen molar-refractivity contribution in [3.63, 3.8) is 0 Å². The molecule has 1 aromatic carbocycles. The molecule has 5 nitrogen and oxygen atoms in total. The Morgan fingerprint density at radius 1 is 1.37 bits per heavy atom. The third-order valence-corrected chi connectivity index (χ3v) is 5.99. The first-order chi connectivity index (χ1) is 8.99. The molecule has 2 atom stereocenters. The van der Waals surface area contributed by atoms with Crippen LogP contribution in [0.25, 0.3) is 11.0 Å². The predicted octanol–water partition coefficient (Wildman–Crippen LogP) is 1.02. The van der Waals surface area contributed by atoms with Crippen molar-refractivity contribution in [2.24, 2.45) is 7.05 Å². The van der Waals surface area contributed by atoms with Crippen molar-refractivity contribution >= 4 is 20.9 Å². The van der Waals surface area contributed by atoms with E-state index >= 15 is 0 Å². The first kappa shape index (κ1) is 12.6. The van der Waals surface area contributed by atoms with Crippen LogP contribution in [-0.4, -0.2) is 35.5 Å². The number of nitrogens with zero attached hydrogens (tertiary/aromatic N) is 2. The van der Waals surface area contributed by atoms with Crippen LogP contribution >= 0.6 is 0 Å². The molecule has 1 fully saturated rings. The van der Waals surface area contributed by atoms with Crippen molar-refractivity contribution in [2.75, 3.05) is 12.3 Å². The standard InChI is InChI=1S/C13H17N3O2S/c1-9-7-14-11(8-19(9,17)18)13-15-10-5-3-4-6-12(10)16(13)2/h3-6,9,11,14H,7-8H2,1-2H3. The highest BCUT2D eigenvalue weighted by Crippen LogP contribution is 2.24. The van der Waals surface area contributed by atoms with Crippen molar-refractivity contribution in [1.82, 2.24) is 14.9 Å². The molecule has 6 heteroatoms. The molecule has 0 saturated carbocycles. The maximum absolute atomic E-state index is 12.0. The minimum Gasteiger partial charge on any atom is -0.330 e. The van der Waals surface area contributed by atoms with Gasteiger partial charge in [-0.1, -0.05) is 12.1 Å². The number of aryl methyl sites for hydroxylation is 1. The highest BCUT2D eigenvalue weighted by molar-refractivity contribution is 7.92. The summed E-state index contributed by atoms with van der Waals surface area (Å²) in [4.78, 5) is 4.56. The molecule has 19 heavy (non-hydrogen) atoms. The van der Waals surface area contributed by atoms with Crippen LogP contribution in [-0.2, 0) is 16.9 Å². The number of benzene rings is 1. The van der Waals surface area contributed by atoms with Crippen LogP contribution in [0.4, 0.5) is 0 Å². The molecule has 0 spiro atoms. The van der Waals surface area contributed by atoms with E-state index in [2.05, 4.69) is 10.3 Å². The summed E-state index contributed by atoms with van der Waals surface area (Å²) in [7, 11) is -1.10. The molecule has 1 aliphatic heterocycles. The lowest BCUT2D eigenvalue weighted by Gasteiger charge is -2.27. The van der Waals surface area contributed by atoms with Crippen LogP contribution in [0.15, 0.2) is 24.3 Å². The number of para-hydroxylation sites is 2. The van der Waals surface area contributed by atoms with E-state index in [-0.39, 0.29) is 17.0 Å². The largest absolute Gasteiger partial charge is 0.330 e. The van der Waals surface area contributed by atoms with E-state index in [1.54, 1.807) is 6.92 Å². The zero-order valence-corrected chi connectivity index (χ0v) is 11.8. The molecular formula is C13H17N3O2S. The maximum Gasteiger partial charge on any atom is 0.156 e. The first-order valence-electron chi connectivity index (χ1n) is 6.35. The van der Waals surface area contributed by atoms with Gasteiger partial charge in [0.05, 0.1) is 28.1 Å². The highest BCUT2D eigenvalue weighted by atomic mass is 32.2. The van der Waals surface area contributed by atoms with Gasteiger partial charge in [0.25, 0.3) is 0 Å². The normalized spacial score (nSPS) is 26.6. The van der Waals surface area contributed by atoms with E-state index < -0.39 is 9.84 Å². The van der Waals surface area contributed by atoms with Gasteiger partial charge in [-0.3, -0.25) is 0 Å². The minimum absolute atomic E-state index is 0.116. The Balaban J connectivity index is 2.03. The van der Waals surface area contributed by atoms with Crippen molar-refractivity contribution in [2.45, 2.75) is 18.2 Å². The van der Waals surface area contributed by atoms with Crippen LogP contribution in [0.1, 0.15) is 18.8 Å². The molecule has 2 aromatic rings. The lowest BCUT2D eigenvalue weighted by Crippen LogP contribution is -2.45. The van der Waals surface area contributed by atoms with Gasteiger partial charge in [0, 0.05) is 13.6 Å². The molecule has 0 bridgehead atoms. The molecule has 102 valence electrons. The van der Waals surface area contributed by atoms with Gasteiger partial charge in [-0.05, 0) is 19.1 Å². The SMILES string of the molecule is CC1CNC(c2nc3ccccc3n2C)CS1(=O)=O. The summed E-state index contributed by atoms with van der Waals surface area (Å²) in [5.74, 6) is 0.905. The third-order valence-electron chi connectivity index (χ3n) is 3.80. The summed E-state index contributed by atoms with van der Waals surface area (Å²) in [5, 5.41) is 2.96. The van der Waals surface area contributed by atoms with Gasteiger partial charge < -0.3 is 9.88 Å². The van der Waals surface area contributed by atoms with Crippen LogP contribution in [0, 0.1) is 0 Å². The van der Waals surface area contributed by atoms with Gasteiger partial charge in [-0.15, -0.1) is 0 Å². The average molecular weight is 279 g/mol. The lowest BCUT2D eigenvalue weighted by atomic mass is 10.3. The lowest BCUT2D eigenvalue weighted by molar-refractivity contribution is 0.482. The van der Waals surface area contributed by atoms with Gasteiger partial charge in [-0.25, -0.2) is 13.4 Å².